The molecule has 0 fully saturated rings. The largest absolute Gasteiger partial charge is 0.396 e. The lowest BCUT2D eigenvalue weighted by Crippen LogP contribution is -2.25. The molecule has 1 unspecified atom stereocenters. The fourth-order valence-corrected chi connectivity index (χ4v) is 2.55. The van der Waals surface area contributed by atoms with Crippen LogP contribution in [0.4, 0.5) is 0 Å². The van der Waals surface area contributed by atoms with Crippen molar-refractivity contribution in [2.24, 2.45) is 0 Å². The number of carbonyl (C=O) groups excluding carboxylic acids is 1. The van der Waals surface area contributed by atoms with Gasteiger partial charge in [-0.15, -0.1) is 0 Å². The number of aliphatic hydroxyl groups is 1. The maximum absolute atomic E-state index is 12.1. The first-order valence-electron chi connectivity index (χ1n) is 7.68. The lowest BCUT2D eigenvalue weighted by Gasteiger charge is -2.16. The quantitative estimate of drug-likeness (QED) is 0.826. The van der Waals surface area contributed by atoms with E-state index in [0.717, 1.165) is 6.42 Å². The van der Waals surface area contributed by atoms with Gasteiger partial charge in [0, 0.05) is 18.7 Å². The molecule has 0 saturated heterocycles. The number of carbonyl (C=O) groups is 1. The third kappa shape index (κ3) is 4.94. The number of hydrogen-bond acceptors (Lipinski definition) is 3. The molecule has 0 spiro atoms. The second kappa shape index (κ2) is 8.72. The van der Waals surface area contributed by atoms with Crippen molar-refractivity contribution in [2.45, 2.75) is 18.8 Å². The van der Waals surface area contributed by atoms with Crippen LogP contribution in [0.1, 0.15) is 40.2 Å². The van der Waals surface area contributed by atoms with Gasteiger partial charge in [-0.1, -0.05) is 36.4 Å². The topological polar surface area (TPSA) is 73.1 Å². The average Bonchev–Trinajstić information content (AvgIpc) is 2.61. The smallest absolute Gasteiger partial charge is 0.251 e. The van der Waals surface area contributed by atoms with Crippen molar-refractivity contribution in [2.75, 3.05) is 13.2 Å². The van der Waals surface area contributed by atoms with Crippen molar-refractivity contribution in [1.29, 1.82) is 5.26 Å². The molecule has 0 aromatic heterocycles. The first-order valence-corrected chi connectivity index (χ1v) is 7.68. The number of hydrogen-bond donors (Lipinski definition) is 2. The number of amides is 1. The van der Waals surface area contributed by atoms with E-state index >= 15 is 0 Å². The molecule has 4 heteroatoms. The number of benzene rings is 2. The zero-order chi connectivity index (χ0) is 16.5. The summed E-state index contributed by atoms with van der Waals surface area (Å²) < 4.78 is 0. The number of aliphatic hydroxyl groups excluding tert-OH is 1. The van der Waals surface area contributed by atoms with Gasteiger partial charge >= 0.3 is 0 Å². The Bertz CT molecular complexity index is 677. The van der Waals surface area contributed by atoms with Crippen molar-refractivity contribution < 1.29 is 9.90 Å². The summed E-state index contributed by atoms with van der Waals surface area (Å²) in [6.45, 7) is 0.646. The van der Waals surface area contributed by atoms with Gasteiger partial charge in [0.05, 0.1) is 11.6 Å². The van der Waals surface area contributed by atoms with E-state index < -0.39 is 0 Å². The Hall–Kier alpha value is -2.64. The van der Waals surface area contributed by atoms with Crippen LogP contribution < -0.4 is 5.32 Å². The van der Waals surface area contributed by atoms with Gasteiger partial charge in [-0.2, -0.15) is 5.26 Å². The van der Waals surface area contributed by atoms with Crippen LogP contribution in [0.2, 0.25) is 0 Å². The van der Waals surface area contributed by atoms with Crippen LogP contribution >= 0.6 is 0 Å². The van der Waals surface area contributed by atoms with E-state index in [2.05, 4.69) is 5.32 Å². The summed E-state index contributed by atoms with van der Waals surface area (Å²) in [6.07, 6.45) is 1.43. The van der Waals surface area contributed by atoms with E-state index in [0.29, 0.717) is 24.1 Å². The summed E-state index contributed by atoms with van der Waals surface area (Å²) in [4.78, 5) is 12.1. The standard InChI is InChI=1S/C19H20N2O2/c20-14-15-5-4-8-18(13-15)19(23)21-11-9-17(10-12-22)16-6-2-1-3-7-16/h1-8,13,17,22H,9-12H2,(H,21,23). The van der Waals surface area contributed by atoms with Crippen LogP contribution in [0.15, 0.2) is 54.6 Å². The molecule has 4 nitrogen and oxygen atoms in total. The van der Waals surface area contributed by atoms with Crippen LogP contribution in [0.3, 0.4) is 0 Å². The van der Waals surface area contributed by atoms with Crippen molar-refractivity contribution in [3.63, 3.8) is 0 Å². The van der Waals surface area contributed by atoms with Gasteiger partial charge < -0.3 is 10.4 Å². The molecular formula is C19H20N2O2. The number of nitrogens with one attached hydrogen (secondary N) is 1. The highest BCUT2D eigenvalue weighted by Crippen LogP contribution is 2.22. The summed E-state index contributed by atoms with van der Waals surface area (Å²) in [6, 6.07) is 18.7. The molecule has 0 bridgehead atoms. The van der Waals surface area contributed by atoms with Gasteiger partial charge in [0.1, 0.15) is 0 Å². The minimum absolute atomic E-state index is 0.123. The molecule has 0 aliphatic heterocycles. The lowest BCUT2D eigenvalue weighted by atomic mass is 9.93. The molecule has 0 heterocycles. The Labute approximate surface area is 136 Å². The zero-order valence-electron chi connectivity index (χ0n) is 12.9. The SMILES string of the molecule is N#Cc1cccc(C(=O)NCCC(CCO)c2ccccc2)c1. The molecule has 118 valence electrons. The van der Waals surface area contributed by atoms with E-state index in [-0.39, 0.29) is 18.4 Å². The Morgan fingerprint density at radius 1 is 1.13 bits per heavy atom. The first-order chi connectivity index (χ1) is 11.2. The minimum Gasteiger partial charge on any atom is -0.396 e. The maximum atomic E-state index is 12.1. The second-order valence-electron chi connectivity index (χ2n) is 5.36. The van der Waals surface area contributed by atoms with E-state index in [1.807, 2.05) is 36.4 Å². The zero-order valence-corrected chi connectivity index (χ0v) is 12.9. The van der Waals surface area contributed by atoms with Crippen LogP contribution in [0.25, 0.3) is 0 Å². The van der Waals surface area contributed by atoms with Crippen LogP contribution in [-0.4, -0.2) is 24.2 Å². The molecule has 1 amide bonds. The predicted molar refractivity (Wildman–Crippen MR) is 89.0 cm³/mol. The molecule has 23 heavy (non-hydrogen) atoms. The maximum Gasteiger partial charge on any atom is 0.251 e. The highest BCUT2D eigenvalue weighted by atomic mass is 16.3. The fraction of sp³-hybridized carbons (Fsp3) is 0.263. The minimum atomic E-state index is -0.182. The first kappa shape index (κ1) is 16.7. The summed E-state index contributed by atoms with van der Waals surface area (Å²) in [5, 5.41) is 21.0. The van der Waals surface area contributed by atoms with Crippen LogP contribution in [-0.2, 0) is 0 Å². The monoisotopic (exact) mass is 308 g/mol. The Morgan fingerprint density at radius 3 is 2.61 bits per heavy atom. The van der Waals surface area contributed by atoms with Gasteiger partial charge in [-0.05, 0) is 42.5 Å². The molecule has 0 aliphatic rings. The Balaban J connectivity index is 1.91. The van der Waals surface area contributed by atoms with Gasteiger partial charge in [0.25, 0.3) is 5.91 Å². The molecule has 1 atom stereocenters. The third-order valence-corrected chi connectivity index (χ3v) is 3.78. The van der Waals surface area contributed by atoms with E-state index in [9.17, 15) is 9.90 Å². The normalized spacial score (nSPS) is 11.5. The van der Waals surface area contributed by atoms with Gasteiger partial charge in [-0.25, -0.2) is 0 Å². The van der Waals surface area contributed by atoms with E-state index in [1.54, 1.807) is 24.3 Å². The highest BCUT2D eigenvalue weighted by molar-refractivity contribution is 5.94. The second-order valence-corrected chi connectivity index (χ2v) is 5.36. The fourth-order valence-electron chi connectivity index (χ4n) is 2.55. The molecule has 0 radical (unpaired) electrons. The van der Waals surface area contributed by atoms with Gasteiger partial charge in [0.2, 0.25) is 0 Å². The summed E-state index contributed by atoms with van der Waals surface area (Å²) in [5.41, 5.74) is 2.13. The number of nitriles is 1. The molecule has 2 rings (SSSR count). The average molecular weight is 308 g/mol. The van der Waals surface area contributed by atoms with E-state index in [1.165, 1.54) is 5.56 Å². The summed E-state index contributed by atoms with van der Waals surface area (Å²) in [5.74, 6) is 0.0323. The molecule has 2 N–H and O–H groups in total. The van der Waals surface area contributed by atoms with Crippen molar-refractivity contribution in [3.8, 4) is 6.07 Å². The lowest BCUT2D eigenvalue weighted by molar-refractivity contribution is 0.0952. The van der Waals surface area contributed by atoms with Gasteiger partial charge in [-0.3, -0.25) is 4.79 Å². The summed E-state index contributed by atoms with van der Waals surface area (Å²) >= 11 is 0. The highest BCUT2D eigenvalue weighted by Gasteiger charge is 2.12. The Morgan fingerprint density at radius 2 is 1.91 bits per heavy atom. The molecular weight excluding hydrogens is 288 g/mol. The Kier molecular flexibility index (Phi) is 6.34. The molecule has 2 aromatic carbocycles. The predicted octanol–water partition coefficient (Wildman–Crippen LogP) is 2.84. The molecule has 2 aromatic rings. The van der Waals surface area contributed by atoms with Crippen molar-refractivity contribution in [1.82, 2.24) is 5.32 Å². The third-order valence-electron chi connectivity index (χ3n) is 3.78. The van der Waals surface area contributed by atoms with Gasteiger partial charge in [0.15, 0.2) is 0 Å². The summed E-state index contributed by atoms with van der Waals surface area (Å²) in [7, 11) is 0. The van der Waals surface area contributed by atoms with Crippen LogP contribution in [0.5, 0.6) is 0 Å². The van der Waals surface area contributed by atoms with Crippen molar-refractivity contribution in [3.05, 3.63) is 71.3 Å². The molecule has 0 saturated carbocycles. The van der Waals surface area contributed by atoms with Crippen LogP contribution in [0, 0.1) is 11.3 Å². The number of rotatable bonds is 7. The molecule has 0 aliphatic carbocycles. The van der Waals surface area contributed by atoms with Crippen molar-refractivity contribution >= 4 is 5.91 Å². The number of nitrogens with zero attached hydrogens (tertiary/aromatic N) is 1. The van der Waals surface area contributed by atoms with E-state index in [4.69, 9.17) is 5.26 Å².